The first-order chi connectivity index (χ1) is 10.0. The number of aromatic nitrogens is 6. The second kappa shape index (κ2) is 5.09. The van der Waals surface area contributed by atoms with E-state index in [2.05, 4.69) is 20.4 Å². The zero-order valence-corrected chi connectivity index (χ0v) is 12.2. The molecule has 3 rings (SSSR count). The van der Waals surface area contributed by atoms with E-state index in [1.165, 1.54) is 0 Å². The SMILES string of the molecule is Cc1ncc(Cn2nnc(C(=O)O)c2-c2cnn(C)c2)s1. The van der Waals surface area contributed by atoms with Crippen LogP contribution in [0.15, 0.2) is 18.6 Å². The molecule has 3 aromatic rings. The number of carboxylic acids is 1. The number of hydrogen-bond acceptors (Lipinski definition) is 6. The fraction of sp³-hybridized carbons (Fsp3) is 0.250. The number of hydrogen-bond donors (Lipinski definition) is 1. The third-order valence-corrected chi connectivity index (χ3v) is 3.79. The van der Waals surface area contributed by atoms with Crippen molar-refractivity contribution < 1.29 is 9.90 Å². The molecule has 0 aliphatic carbocycles. The fourth-order valence-corrected chi connectivity index (χ4v) is 2.80. The van der Waals surface area contributed by atoms with Crippen LogP contribution in [0.4, 0.5) is 0 Å². The molecule has 0 amide bonds. The largest absolute Gasteiger partial charge is 0.476 e. The third kappa shape index (κ3) is 2.55. The van der Waals surface area contributed by atoms with Crippen molar-refractivity contribution in [2.45, 2.75) is 13.5 Å². The number of nitrogens with zero attached hydrogens (tertiary/aromatic N) is 6. The zero-order chi connectivity index (χ0) is 15.0. The topological polar surface area (TPSA) is 98.7 Å². The Bertz CT molecular complexity index is 802. The van der Waals surface area contributed by atoms with Gasteiger partial charge in [0, 0.05) is 29.9 Å². The van der Waals surface area contributed by atoms with Gasteiger partial charge in [-0.05, 0) is 6.92 Å². The van der Waals surface area contributed by atoms with Crippen molar-refractivity contribution in [2.24, 2.45) is 7.05 Å². The first-order valence-electron chi connectivity index (χ1n) is 6.11. The second-order valence-corrected chi connectivity index (χ2v) is 5.82. The fourth-order valence-electron chi connectivity index (χ4n) is 2.02. The van der Waals surface area contributed by atoms with Crippen LogP contribution in [0.3, 0.4) is 0 Å². The Morgan fingerprint density at radius 2 is 2.24 bits per heavy atom. The van der Waals surface area contributed by atoms with Crippen molar-refractivity contribution in [3.63, 3.8) is 0 Å². The average Bonchev–Trinajstić information content (AvgIpc) is 3.10. The molecule has 108 valence electrons. The quantitative estimate of drug-likeness (QED) is 0.777. The van der Waals surface area contributed by atoms with Gasteiger partial charge in [-0.3, -0.25) is 4.68 Å². The lowest BCUT2D eigenvalue weighted by Gasteiger charge is -2.03. The zero-order valence-electron chi connectivity index (χ0n) is 11.4. The van der Waals surface area contributed by atoms with Crippen LogP contribution in [-0.2, 0) is 13.6 Å². The van der Waals surface area contributed by atoms with E-state index >= 15 is 0 Å². The molecule has 0 fully saturated rings. The van der Waals surface area contributed by atoms with E-state index in [1.807, 2.05) is 6.92 Å². The van der Waals surface area contributed by atoms with E-state index in [0.717, 1.165) is 9.88 Å². The van der Waals surface area contributed by atoms with Crippen molar-refractivity contribution >= 4 is 17.3 Å². The minimum absolute atomic E-state index is 0.0794. The van der Waals surface area contributed by atoms with Crippen molar-refractivity contribution in [3.8, 4) is 11.3 Å². The van der Waals surface area contributed by atoms with Gasteiger partial charge in [-0.15, -0.1) is 16.4 Å². The molecular weight excluding hydrogens is 292 g/mol. The Labute approximate surface area is 123 Å². The van der Waals surface area contributed by atoms with Gasteiger partial charge < -0.3 is 5.11 Å². The van der Waals surface area contributed by atoms with Gasteiger partial charge in [-0.1, -0.05) is 5.21 Å². The van der Waals surface area contributed by atoms with Gasteiger partial charge in [0.1, 0.15) is 5.69 Å². The van der Waals surface area contributed by atoms with E-state index in [1.54, 1.807) is 46.3 Å². The first-order valence-corrected chi connectivity index (χ1v) is 6.93. The van der Waals surface area contributed by atoms with Crippen LogP contribution in [-0.4, -0.2) is 40.8 Å². The molecule has 3 aromatic heterocycles. The molecule has 9 heteroatoms. The molecule has 0 saturated carbocycles. The number of aromatic carboxylic acids is 1. The van der Waals surface area contributed by atoms with Crippen LogP contribution in [0, 0.1) is 6.92 Å². The maximum Gasteiger partial charge on any atom is 0.358 e. The molecule has 0 radical (unpaired) electrons. The summed E-state index contributed by atoms with van der Waals surface area (Å²) in [6.45, 7) is 2.34. The molecule has 0 spiro atoms. The van der Waals surface area contributed by atoms with E-state index in [4.69, 9.17) is 0 Å². The van der Waals surface area contributed by atoms with Gasteiger partial charge in [0.15, 0.2) is 5.69 Å². The predicted octanol–water partition coefficient (Wildman–Crippen LogP) is 1.19. The number of thiazole rings is 1. The summed E-state index contributed by atoms with van der Waals surface area (Å²) < 4.78 is 3.17. The summed E-state index contributed by atoms with van der Waals surface area (Å²) in [7, 11) is 1.77. The molecule has 0 aliphatic rings. The van der Waals surface area contributed by atoms with Crippen molar-refractivity contribution in [3.05, 3.63) is 34.2 Å². The molecular formula is C12H12N6O2S. The highest BCUT2D eigenvalue weighted by Gasteiger charge is 2.22. The maximum absolute atomic E-state index is 11.3. The highest BCUT2D eigenvalue weighted by molar-refractivity contribution is 7.11. The summed E-state index contributed by atoms with van der Waals surface area (Å²) in [6.07, 6.45) is 5.09. The van der Waals surface area contributed by atoms with Gasteiger partial charge in [0.05, 0.1) is 17.7 Å². The van der Waals surface area contributed by atoms with Crippen LogP contribution in [0.25, 0.3) is 11.3 Å². The third-order valence-electron chi connectivity index (χ3n) is 2.89. The highest BCUT2D eigenvalue weighted by atomic mass is 32.1. The average molecular weight is 304 g/mol. The maximum atomic E-state index is 11.3. The summed E-state index contributed by atoms with van der Waals surface area (Å²) in [5.74, 6) is -1.11. The second-order valence-electron chi connectivity index (χ2n) is 4.50. The molecule has 0 atom stereocenters. The van der Waals surface area contributed by atoms with Crippen LogP contribution in [0.2, 0.25) is 0 Å². The van der Waals surface area contributed by atoms with E-state index in [0.29, 0.717) is 17.8 Å². The monoisotopic (exact) mass is 304 g/mol. The van der Waals surface area contributed by atoms with Crippen LogP contribution < -0.4 is 0 Å². The smallest absolute Gasteiger partial charge is 0.358 e. The summed E-state index contributed by atoms with van der Waals surface area (Å²) in [5, 5.41) is 22.0. The van der Waals surface area contributed by atoms with Gasteiger partial charge in [-0.25, -0.2) is 14.5 Å². The molecule has 1 N–H and O–H groups in total. The number of carbonyl (C=O) groups is 1. The summed E-state index contributed by atoms with van der Waals surface area (Å²) in [4.78, 5) is 16.5. The van der Waals surface area contributed by atoms with Crippen molar-refractivity contribution in [1.29, 1.82) is 0 Å². The number of carboxylic acid groups (broad SMARTS) is 1. The van der Waals surface area contributed by atoms with E-state index < -0.39 is 5.97 Å². The minimum atomic E-state index is -1.11. The standard InChI is InChI=1S/C12H12N6O2S/c1-7-13-4-9(21-7)6-18-11(8-3-14-17(2)5-8)10(12(19)20)15-16-18/h3-5H,6H2,1-2H3,(H,19,20). The number of rotatable bonds is 4. The lowest BCUT2D eigenvalue weighted by molar-refractivity contribution is 0.0691. The van der Waals surface area contributed by atoms with Crippen molar-refractivity contribution in [2.75, 3.05) is 0 Å². The molecule has 3 heterocycles. The van der Waals surface area contributed by atoms with Crippen LogP contribution >= 0.6 is 11.3 Å². The van der Waals surface area contributed by atoms with Crippen molar-refractivity contribution in [1.82, 2.24) is 29.8 Å². The molecule has 0 aliphatic heterocycles. The van der Waals surface area contributed by atoms with Crippen LogP contribution in [0.5, 0.6) is 0 Å². The van der Waals surface area contributed by atoms with Crippen LogP contribution in [0.1, 0.15) is 20.4 Å². The van der Waals surface area contributed by atoms with Gasteiger partial charge in [0.2, 0.25) is 0 Å². The molecule has 0 unspecified atom stereocenters. The Morgan fingerprint density at radius 3 is 2.81 bits per heavy atom. The van der Waals surface area contributed by atoms with E-state index in [9.17, 15) is 9.90 Å². The van der Waals surface area contributed by atoms with Gasteiger partial charge in [0.25, 0.3) is 0 Å². The normalized spacial score (nSPS) is 11.0. The van der Waals surface area contributed by atoms with Gasteiger partial charge in [-0.2, -0.15) is 5.10 Å². The molecule has 8 nitrogen and oxygen atoms in total. The van der Waals surface area contributed by atoms with Gasteiger partial charge >= 0.3 is 5.97 Å². The molecule has 0 aromatic carbocycles. The Morgan fingerprint density at radius 1 is 1.43 bits per heavy atom. The minimum Gasteiger partial charge on any atom is -0.476 e. The Balaban J connectivity index is 2.06. The summed E-state index contributed by atoms with van der Waals surface area (Å²) >= 11 is 1.54. The van der Waals surface area contributed by atoms with E-state index in [-0.39, 0.29) is 5.69 Å². The lowest BCUT2D eigenvalue weighted by Crippen LogP contribution is -2.05. The number of aryl methyl sites for hydroxylation is 2. The summed E-state index contributed by atoms with van der Waals surface area (Å²) in [5.41, 5.74) is 1.03. The highest BCUT2D eigenvalue weighted by Crippen LogP contribution is 2.23. The Hall–Kier alpha value is -2.55. The summed E-state index contributed by atoms with van der Waals surface area (Å²) in [6, 6.07) is 0. The Kier molecular flexibility index (Phi) is 3.26. The molecule has 21 heavy (non-hydrogen) atoms. The molecule has 0 bridgehead atoms. The predicted molar refractivity (Wildman–Crippen MR) is 75.1 cm³/mol. The first kappa shape index (κ1) is 13.4. The lowest BCUT2D eigenvalue weighted by atomic mass is 10.2. The molecule has 0 saturated heterocycles.